The van der Waals surface area contributed by atoms with Crippen molar-refractivity contribution in [3.63, 3.8) is 0 Å². The Morgan fingerprint density at radius 2 is 2.19 bits per heavy atom. The zero-order valence-corrected chi connectivity index (χ0v) is 9.91. The minimum atomic E-state index is -1.26. The molecule has 0 aliphatic rings. The number of rotatable bonds is 3. The first kappa shape index (κ1) is 12.4. The van der Waals surface area contributed by atoms with Gasteiger partial charge in [-0.25, -0.2) is 4.79 Å². The molecule has 3 N–H and O–H groups in total. The molecule has 1 aromatic heterocycles. The van der Waals surface area contributed by atoms with Gasteiger partial charge in [-0.1, -0.05) is 5.16 Å². The van der Waals surface area contributed by atoms with Crippen LogP contribution in [-0.4, -0.2) is 31.7 Å². The Bertz CT molecular complexity index is 421. The second kappa shape index (κ2) is 4.44. The summed E-state index contributed by atoms with van der Waals surface area (Å²) in [6.45, 7) is 5.25. The van der Waals surface area contributed by atoms with Crippen molar-refractivity contribution < 1.29 is 14.7 Å². The van der Waals surface area contributed by atoms with Crippen LogP contribution in [-0.2, 0) is 9.63 Å². The molecule has 7 nitrogen and oxygen atoms in total. The van der Waals surface area contributed by atoms with Gasteiger partial charge >= 0.3 is 5.97 Å². The minimum absolute atomic E-state index is 0.0424. The van der Waals surface area contributed by atoms with Crippen LogP contribution in [0.4, 0.5) is 5.13 Å². The van der Waals surface area contributed by atoms with Crippen molar-refractivity contribution in [2.75, 3.05) is 5.73 Å². The summed E-state index contributed by atoms with van der Waals surface area (Å²) in [7, 11) is 0. The maximum atomic E-state index is 10.9. The summed E-state index contributed by atoms with van der Waals surface area (Å²) in [6, 6.07) is 0. The van der Waals surface area contributed by atoms with Crippen LogP contribution in [0.3, 0.4) is 0 Å². The van der Waals surface area contributed by atoms with Crippen LogP contribution in [0.2, 0.25) is 0 Å². The fourth-order valence-electron chi connectivity index (χ4n) is 0.689. The lowest BCUT2D eigenvalue weighted by Crippen LogP contribution is -2.21. The van der Waals surface area contributed by atoms with Crippen LogP contribution < -0.4 is 5.73 Å². The smallest absolute Gasteiger partial charge is 0.362 e. The molecule has 0 bridgehead atoms. The summed E-state index contributed by atoms with van der Waals surface area (Å²) in [5.41, 5.74) is 4.42. The lowest BCUT2D eigenvalue weighted by molar-refractivity contribution is -0.129. The molecule has 0 aliphatic carbocycles. The normalized spacial score (nSPS) is 12.6. The second-order valence-corrected chi connectivity index (χ2v) is 4.69. The number of carboxylic acid groups (broad SMARTS) is 1. The van der Waals surface area contributed by atoms with Gasteiger partial charge < -0.3 is 15.7 Å². The Labute approximate surface area is 96.1 Å². The number of aliphatic carboxylic acids is 1. The molecule has 0 unspecified atom stereocenters. The lowest BCUT2D eigenvalue weighted by Gasteiger charge is -2.15. The third-order valence-electron chi connectivity index (χ3n) is 1.27. The van der Waals surface area contributed by atoms with E-state index in [0.717, 1.165) is 11.5 Å². The number of anilines is 1. The van der Waals surface area contributed by atoms with E-state index in [-0.39, 0.29) is 16.7 Å². The third-order valence-corrected chi connectivity index (χ3v) is 1.81. The zero-order valence-electron chi connectivity index (χ0n) is 9.09. The van der Waals surface area contributed by atoms with Crippen LogP contribution in [0.1, 0.15) is 26.6 Å². The molecule has 16 heavy (non-hydrogen) atoms. The van der Waals surface area contributed by atoms with Gasteiger partial charge in [-0.3, -0.25) is 0 Å². The van der Waals surface area contributed by atoms with Crippen LogP contribution in [0.25, 0.3) is 0 Å². The molecule has 88 valence electrons. The third kappa shape index (κ3) is 3.46. The SMILES string of the molecule is CC(C)(C)ON=C(C(=O)O)c1nsc(N)n1. The molecule has 0 amide bonds. The van der Waals surface area contributed by atoms with Crippen LogP contribution in [0.15, 0.2) is 5.16 Å². The molecule has 0 fully saturated rings. The molecule has 1 rings (SSSR count). The van der Waals surface area contributed by atoms with Gasteiger partial charge in [0.1, 0.15) is 5.60 Å². The Morgan fingerprint density at radius 1 is 1.56 bits per heavy atom. The standard InChI is InChI=1S/C8H12N4O3S/c1-8(2,3)15-11-4(6(13)14)5-10-7(9)16-12-5/h1-3H3,(H,13,14)(H2,9,10,12). The monoisotopic (exact) mass is 244 g/mol. The number of nitrogen functional groups attached to an aromatic ring is 1. The number of hydrogen-bond acceptors (Lipinski definition) is 7. The highest BCUT2D eigenvalue weighted by Gasteiger charge is 2.20. The van der Waals surface area contributed by atoms with E-state index in [0.29, 0.717) is 0 Å². The van der Waals surface area contributed by atoms with Crippen molar-refractivity contribution in [2.24, 2.45) is 5.16 Å². The Hall–Kier alpha value is -1.70. The van der Waals surface area contributed by atoms with Gasteiger partial charge in [-0.2, -0.15) is 9.36 Å². The summed E-state index contributed by atoms with van der Waals surface area (Å²) in [5, 5.41) is 12.6. The topological polar surface area (TPSA) is 111 Å². The first-order chi connectivity index (χ1) is 7.29. The number of carbonyl (C=O) groups is 1. The summed E-state index contributed by atoms with van der Waals surface area (Å²) in [5.74, 6) is -1.30. The van der Waals surface area contributed by atoms with E-state index >= 15 is 0 Å². The molecule has 0 saturated heterocycles. The molecule has 0 aliphatic heterocycles. The van der Waals surface area contributed by atoms with E-state index in [9.17, 15) is 4.79 Å². The number of nitrogens with two attached hydrogens (primary N) is 1. The van der Waals surface area contributed by atoms with Gasteiger partial charge in [0.05, 0.1) is 0 Å². The van der Waals surface area contributed by atoms with Crippen molar-refractivity contribution in [3.05, 3.63) is 5.82 Å². The predicted octanol–water partition coefficient (Wildman–Crippen LogP) is 0.724. The fraction of sp³-hybridized carbons (Fsp3) is 0.500. The van der Waals surface area contributed by atoms with Crippen molar-refractivity contribution in [1.82, 2.24) is 9.36 Å². The fourth-order valence-corrected chi connectivity index (χ4v) is 1.12. The van der Waals surface area contributed by atoms with E-state index in [1.54, 1.807) is 20.8 Å². The molecule has 1 heterocycles. The first-order valence-electron chi connectivity index (χ1n) is 4.38. The highest BCUT2D eigenvalue weighted by atomic mass is 32.1. The second-order valence-electron chi connectivity index (χ2n) is 3.90. The van der Waals surface area contributed by atoms with E-state index < -0.39 is 11.6 Å². The predicted molar refractivity (Wildman–Crippen MR) is 59.3 cm³/mol. The number of nitrogens with zero attached hydrogens (tertiary/aromatic N) is 3. The summed E-state index contributed by atoms with van der Waals surface area (Å²) in [6.07, 6.45) is 0. The quantitative estimate of drug-likeness (QED) is 0.598. The van der Waals surface area contributed by atoms with Gasteiger partial charge in [-0.05, 0) is 20.8 Å². The Morgan fingerprint density at radius 3 is 2.56 bits per heavy atom. The van der Waals surface area contributed by atoms with Gasteiger partial charge in [0.2, 0.25) is 11.5 Å². The molecular weight excluding hydrogens is 232 g/mol. The average molecular weight is 244 g/mol. The largest absolute Gasteiger partial charge is 0.476 e. The molecule has 0 aromatic carbocycles. The minimum Gasteiger partial charge on any atom is -0.476 e. The van der Waals surface area contributed by atoms with E-state index in [1.165, 1.54) is 0 Å². The molecule has 0 radical (unpaired) electrons. The zero-order chi connectivity index (χ0) is 12.3. The van der Waals surface area contributed by atoms with Crippen molar-refractivity contribution in [2.45, 2.75) is 26.4 Å². The Kier molecular flexibility index (Phi) is 3.43. The molecule has 0 atom stereocenters. The molecular formula is C8H12N4O3S. The number of oxime groups is 1. The maximum absolute atomic E-state index is 10.9. The van der Waals surface area contributed by atoms with Crippen LogP contribution >= 0.6 is 11.5 Å². The van der Waals surface area contributed by atoms with Crippen molar-refractivity contribution in [3.8, 4) is 0 Å². The summed E-state index contributed by atoms with van der Waals surface area (Å²) in [4.78, 5) is 19.6. The number of hydrogen-bond donors (Lipinski definition) is 2. The van der Waals surface area contributed by atoms with E-state index in [2.05, 4.69) is 14.5 Å². The molecule has 1 aromatic rings. The van der Waals surface area contributed by atoms with Crippen LogP contribution in [0.5, 0.6) is 0 Å². The first-order valence-corrected chi connectivity index (χ1v) is 5.16. The highest BCUT2D eigenvalue weighted by molar-refractivity contribution is 7.09. The molecule has 8 heteroatoms. The molecule has 0 saturated carbocycles. The van der Waals surface area contributed by atoms with Gasteiger partial charge in [0.25, 0.3) is 0 Å². The maximum Gasteiger partial charge on any atom is 0.362 e. The molecule has 0 spiro atoms. The highest BCUT2D eigenvalue weighted by Crippen LogP contribution is 2.11. The van der Waals surface area contributed by atoms with E-state index in [4.69, 9.17) is 15.7 Å². The number of aromatic nitrogens is 2. The van der Waals surface area contributed by atoms with E-state index in [1.807, 2.05) is 0 Å². The van der Waals surface area contributed by atoms with Gasteiger partial charge in [0, 0.05) is 11.5 Å². The Balaban J connectivity index is 2.96. The lowest BCUT2D eigenvalue weighted by atomic mass is 10.2. The number of carboxylic acids is 1. The van der Waals surface area contributed by atoms with Gasteiger partial charge in [0.15, 0.2) is 5.13 Å². The van der Waals surface area contributed by atoms with Crippen molar-refractivity contribution in [1.29, 1.82) is 0 Å². The van der Waals surface area contributed by atoms with Crippen molar-refractivity contribution >= 4 is 28.3 Å². The average Bonchev–Trinajstić information content (AvgIpc) is 2.49. The summed E-state index contributed by atoms with van der Waals surface area (Å²) >= 11 is 0.900. The van der Waals surface area contributed by atoms with Gasteiger partial charge in [-0.15, -0.1) is 0 Å². The summed E-state index contributed by atoms with van der Waals surface area (Å²) < 4.78 is 3.75. The van der Waals surface area contributed by atoms with Crippen LogP contribution in [0, 0.1) is 0 Å².